The van der Waals surface area contributed by atoms with Crippen molar-refractivity contribution in [2.75, 3.05) is 18.1 Å². The second kappa shape index (κ2) is 7.65. The monoisotopic (exact) mass is 397 g/mol. The zero-order valence-corrected chi connectivity index (χ0v) is 15.4. The molecule has 0 aliphatic carbocycles. The second-order valence-corrected chi connectivity index (χ2v) is 6.92. The maximum atomic E-state index is 12.1. The number of carbonyl (C=O) groups is 2. The van der Waals surface area contributed by atoms with Gasteiger partial charge in [0, 0.05) is 21.6 Å². The van der Waals surface area contributed by atoms with Gasteiger partial charge in [-0.05, 0) is 49.2 Å². The number of benzene rings is 2. The molecule has 130 valence electrons. The molecule has 2 aromatic rings. The highest BCUT2D eigenvalue weighted by Gasteiger charge is 2.35. The van der Waals surface area contributed by atoms with E-state index in [1.165, 1.54) is 11.0 Å². The Morgan fingerprint density at radius 2 is 1.60 bits per heavy atom. The minimum absolute atomic E-state index is 0.363. The molecule has 1 aliphatic heterocycles. The van der Waals surface area contributed by atoms with Crippen LogP contribution in [0.5, 0.6) is 5.75 Å². The quantitative estimate of drug-likeness (QED) is 0.506. The van der Waals surface area contributed by atoms with Gasteiger partial charge in [-0.2, -0.15) is 0 Å². The summed E-state index contributed by atoms with van der Waals surface area (Å²) in [6.07, 6.45) is 1.40. The van der Waals surface area contributed by atoms with Crippen molar-refractivity contribution in [1.29, 1.82) is 0 Å². The topological polar surface area (TPSA) is 46.6 Å². The normalized spacial score (nSPS) is 13.3. The lowest BCUT2D eigenvalue weighted by Gasteiger charge is -2.16. The second-order valence-electron chi connectivity index (χ2n) is 5.61. The number of halogens is 3. The molecule has 0 saturated carbocycles. The third-order valence-electron chi connectivity index (χ3n) is 3.81. The highest BCUT2D eigenvalue weighted by molar-refractivity contribution is 6.52. The van der Waals surface area contributed by atoms with Crippen LogP contribution < -0.4 is 9.64 Å². The molecule has 0 bridgehead atoms. The van der Waals surface area contributed by atoms with Crippen molar-refractivity contribution in [3.63, 3.8) is 0 Å². The molecule has 7 heteroatoms. The highest BCUT2D eigenvalue weighted by Crippen LogP contribution is 2.31. The van der Waals surface area contributed by atoms with Crippen molar-refractivity contribution in [2.24, 2.45) is 0 Å². The molecule has 1 amide bonds. The number of carbonyl (C=O) groups excluding carboxylic acids is 2. The molecule has 0 N–H and O–H groups in total. The van der Waals surface area contributed by atoms with Gasteiger partial charge in [0.1, 0.15) is 5.75 Å². The lowest BCUT2D eigenvalue weighted by Crippen LogP contribution is -2.30. The predicted octanol–water partition coefficient (Wildman–Crippen LogP) is 5.04. The van der Waals surface area contributed by atoms with Crippen LogP contribution in [0.4, 0.5) is 5.69 Å². The lowest BCUT2D eigenvalue weighted by molar-refractivity contribution is -0.114. The minimum atomic E-state index is -0.514. The smallest absolute Gasteiger partial charge is 0.299 e. The van der Waals surface area contributed by atoms with E-state index >= 15 is 0 Å². The third-order valence-corrected chi connectivity index (χ3v) is 4.49. The Hall–Kier alpha value is -1.75. The van der Waals surface area contributed by atoms with Gasteiger partial charge in [0.2, 0.25) is 0 Å². The van der Waals surface area contributed by atoms with Gasteiger partial charge in [-0.3, -0.25) is 9.59 Å². The summed E-state index contributed by atoms with van der Waals surface area (Å²) in [7, 11) is 0. The molecule has 0 saturated heterocycles. The number of unbranched alkanes of at least 4 members (excludes halogenated alkanes) is 1. The van der Waals surface area contributed by atoms with E-state index in [-0.39, 0.29) is 0 Å². The first-order chi connectivity index (χ1) is 12.0. The average Bonchev–Trinajstić information content (AvgIpc) is 2.78. The molecule has 3 rings (SSSR count). The van der Waals surface area contributed by atoms with Crippen molar-refractivity contribution < 1.29 is 14.3 Å². The van der Waals surface area contributed by atoms with Crippen LogP contribution in [0.3, 0.4) is 0 Å². The highest BCUT2D eigenvalue weighted by atomic mass is 35.5. The van der Waals surface area contributed by atoms with Gasteiger partial charge < -0.3 is 9.64 Å². The van der Waals surface area contributed by atoms with Crippen LogP contribution in [-0.4, -0.2) is 24.8 Å². The maximum Gasteiger partial charge on any atom is 0.299 e. The van der Waals surface area contributed by atoms with Crippen LogP contribution in [-0.2, 0) is 4.79 Å². The number of amides is 1. The number of hydrogen-bond donors (Lipinski definition) is 0. The van der Waals surface area contributed by atoms with Crippen LogP contribution >= 0.6 is 34.8 Å². The fourth-order valence-electron chi connectivity index (χ4n) is 2.67. The predicted molar refractivity (Wildman–Crippen MR) is 99.3 cm³/mol. The Labute approximate surface area is 160 Å². The number of Topliss-reactive ketones (excluding diaryl/α,β-unsaturated/α-hetero) is 1. The number of rotatable bonds is 6. The summed E-state index contributed by atoms with van der Waals surface area (Å²) in [5, 5.41) is 1.47. The van der Waals surface area contributed by atoms with Gasteiger partial charge in [0.15, 0.2) is 0 Å². The Morgan fingerprint density at radius 1 is 0.880 bits per heavy atom. The van der Waals surface area contributed by atoms with E-state index in [2.05, 4.69) is 0 Å². The van der Waals surface area contributed by atoms with Gasteiger partial charge in [0.05, 0.1) is 17.9 Å². The molecule has 2 aromatic carbocycles. The van der Waals surface area contributed by atoms with Crippen LogP contribution in [0.1, 0.15) is 23.2 Å². The Kier molecular flexibility index (Phi) is 5.52. The molecule has 1 aliphatic rings. The number of ether oxygens (including phenoxy) is 1. The van der Waals surface area contributed by atoms with Gasteiger partial charge in [-0.15, -0.1) is 0 Å². The summed E-state index contributed by atoms with van der Waals surface area (Å²) in [4.78, 5) is 25.6. The van der Waals surface area contributed by atoms with E-state index in [1.807, 2.05) is 0 Å². The molecule has 0 fully saturated rings. The van der Waals surface area contributed by atoms with E-state index in [0.29, 0.717) is 58.1 Å². The van der Waals surface area contributed by atoms with Gasteiger partial charge in [-0.25, -0.2) is 0 Å². The standard InChI is InChI=1S/C18H14Cl3NO3/c19-11-3-4-16-15(10-11)17(23)18(24)22(16)5-1-2-6-25-14-8-12(20)7-13(21)9-14/h3-4,7-10H,1-2,5-6H2. The van der Waals surface area contributed by atoms with Crippen LogP contribution in [0.25, 0.3) is 0 Å². The first kappa shape index (κ1) is 18.1. The molecule has 0 radical (unpaired) electrons. The molecule has 1 heterocycles. The maximum absolute atomic E-state index is 12.1. The summed E-state index contributed by atoms with van der Waals surface area (Å²) in [5.41, 5.74) is 0.976. The molecule has 0 unspecified atom stereocenters. The van der Waals surface area contributed by atoms with Gasteiger partial charge in [-0.1, -0.05) is 34.8 Å². The largest absolute Gasteiger partial charge is 0.493 e. The van der Waals surface area contributed by atoms with Crippen molar-refractivity contribution in [1.82, 2.24) is 0 Å². The Balaban J connectivity index is 1.53. The van der Waals surface area contributed by atoms with Crippen molar-refractivity contribution in [3.05, 3.63) is 57.0 Å². The van der Waals surface area contributed by atoms with E-state index < -0.39 is 11.7 Å². The number of anilines is 1. The van der Waals surface area contributed by atoms with Crippen LogP contribution in [0.15, 0.2) is 36.4 Å². The zero-order chi connectivity index (χ0) is 18.0. The Morgan fingerprint density at radius 3 is 2.32 bits per heavy atom. The number of ketones is 1. The molecule has 0 atom stereocenters. The first-order valence-electron chi connectivity index (χ1n) is 7.70. The summed E-state index contributed by atoms with van der Waals surface area (Å²) in [6, 6.07) is 9.92. The zero-order valence-electron chi connectivity index (χ0n) is 13.1. The van der Waals surface area contributed by atoms with Crippen molar-refractivity contribution in [2.45, 2.75) is 12.8 Å². The lowest BCUT2D eigenvalue weighted by atomic mass is 10.1. The van der Waals surface area contributed by atoms with Crippen molar-refractivity contribution in [3.8, 4) is 5.75 Å². The summed E-state index contributed by atoms with van der Waals surface area (Å²) in [6.45, 7) is 0.902. The van der Waals surface area contributed by atoms with E-state index in [0.717, 1.165) is 0 Å². The van der Waals surface area contributed by atoms with Gasteiger partial charge >= 0.3 is 0 Å². The molecule has 25 heavy (non-hydrogen) atoms. The summed E-state index contributed by atoms with van der Waals surface area (Å²) >= 11 is 17.7. The number of fused-ring (bicyclic) bond motifs is 1. The van der Waals surface area contributed by atoms with Crippen molar-refractivity contribution >= 4 is 52.2 Å². The van der Waals surface area contributed by atoms with E-state index in [1.54, 1.807) is 30.3 Å². The minimum Gasteiger partial charge on any atom is -0.493 e. The van der Waals surface area contributed by atoms with E-state index in [4.69, 9.17) is 39.5 Å². The molecule has 0 aromatic heterocycles. The van der Waals surface area contributed by atoms with Crippen LogP contribution in [0, 0.1) is 0 Å². The summed E-state index contributed by atoms with van der Waals surface area (Å²) < 4.78 is 5.61. The van der Waals surface area contributed by atoms with E-state index in [9.17, 15) is 9.59 Å². The van der Waals surface area contributed by atoms with Gasteiger partial charge in [0.25, 0.3) is 11.7 Å². The number of hydrogen-bond acceptors (Lipinski definition) is 3. The Bertz CT molecular complexity index is 818. The molecule has 4 nitrogen and oxygen atoms in total. The fourth-order valence-corrected chi connectivity index (χ4v) is 3.35. The third kappa shape index (κ3) is 4.09. The average molecular weight is 399 g/mol. The summed E-state index contributed by atoms with van der Waals surface area (Å²) in [5.74, 6) is -0.424. The fraction of sp³-hybridized carbons (Fsp3) is 0.222. The number of nitrogens with zero attached hydrogens (tertiary/aromatic N) is 1. The molecule has 0 spiro atoms. The molecular formula is C18H14Cl3NO3. The first-order valence-corrected chi connectivity index (χ1v) is 8.84. The SMILES string of the molecule is O=C1C(=O)N(CCCCOc2cc(Cl)cc(Cl)c2)c2ccc(Cl)cc21. The van der Waals surface area contributed by atoms with Crippen LogP contribution in [0.2, 0.25) is 15.1 Å². The molecular weight excluding hydrogens is 385 g/mol.